The third-order valence-electron chi connectivity index (χ3n) is 6.12. The Bertz CT molecular complexity index is 345. The quantitative estimate of drug-likeness (QED) is 0.125. The Morgan fingerprint density at radius 2 is 0.759 bits per heavy atom. The van der Waals surface area contributed by atoms with Gasteiger partial charge in [-0.3, -0.25) is 0 Å². The van der Waals surface area contributed by atoms with Crippen molar-refractivity contribution in [1.29, 1.82) is 0 Å². The van der Waals surface area contributed by atoms with E-state index in [1.165, 1.54) is 122 Å². The van der Waals surface area contributed by atoms with Crippen molar-refractivity contribution in [1.82, 2.24) is 0 Å². The van der Waals surface area contributed by atoms with Crippen LogP contribution in [0.1, 0.15) is 155 Å². The van der Waals surface area contributed by atoms with Crippen LogP contribution in [0.3, 0.4) is 0 Å². The van der Waals surface area contributed by atoms with Crippen molar-refractivity contribution in [2.75, 3.05) is 0 Å². The van der Waals surface area contributed by atoms with Gasteiger partial charge in [-0.05, 0) is 18.8 Å². The predicted molar refractivity (Wildman–Crippen MR) is 134 cm³/mol. The number of hydrogen-bond donors (Lipinski definition) is 0. The highest BCUT2D eigenvalue weighted by atomic mass is 14.1. The molecular weight excluding hydrogens is 348 g/mol. The molecule has 0 spiro atoms. The number of rotatable bonds is 22. The van der Waals surface area contributed by atoms with Gasteiger partial charge < -0.3 is 0 Å². The summed E-state index contributed by atoms with van der Waals surface area (Å²) in [5.74, 6) is 7.63. The highest BCUT2D eigenvalue weighted by molar-refractivity contribution is 4.98. The molecule has 0 aromatic rings. The monoisotopic (exact) mass is 402 g/mol. The third kappa shape index (κ3) is 25.5. The second-order valence-corrected chi connectivity index (χ2v) is 9.25. The van der Waals surface area contributed by atoms with Crippen LogP contribution in [-0.4, -0.2) is 0 Å². The van der Waals surface area contributed by atoms with Crippen LogP contribution in [0.2, 0.25) is 0 Å². The molecule has 2 radical (unpaired) electrons. The molecule has 29 heavy (non-hydrogen) atoms. The molecule has 0 nitrogen and oxygen atoms in total. The Hall–Kier alpha value is -0.440. The van der Waals surface area contributed by atoms with Crippen molar-refractivity contribution in [2.45, 2.75) is 155 Å². The maximum absolute atomic E-state index is 3.92. The minimum absolute atomic E-state index is 0.943. The number of unbranched alkanes of at least 4 members (excludes halogenated alkanes) is 18. The summed E-state index contributed by atoms with van der Waals surface area (Å²) in [5, 5.41) is 0. The molecule has 0 aliphatic rings. The van der Waals surface area contributed by atoms with Gasteiger partial charge in [0.1, 0.15) is 0 Å². The zero-order valence-corrected chi connectivity index (χ0v) is 20.3. The van der Waals surface area contributed by atoms with Crippen LogP contribution in [0, 0.1) is 31.6 Å². The second kappa shape index (κ2) is 25.6. The predicted octanol–water partition coefficient (Wildman–Crippen LogP) is 10.3. The van der Waals surface area contributed by atoms with E-state index in [4.69, 9.17) is 0 Å². The second-order valence-electron chi connectivity index (χ2n) is 9.25. The molecule has 1 unspecified atom stereocenters. The first kappa shape index (κ1) is 28.6. The van der Waals surface area contributed by atoms with Crippen LogP contribution in [0.5, 0.6) is 0 Å². The van der Waals surface area contributed by atoms with Gasteiger partial charge in [0.15, 0.2) is 0 Å². The van der Waals surface area contributed by atoms with Crippen molar-refractivity contribution >= 4 is 0 Å². The minimum atomic E-state index is 0.943. The molecule has 0 saturated carbocycles. The van der Waals surface area contributed by atoms with Crippen LogP contribution < -0.4 is 0 Å². The van der Waals surface area contributed by atoms with Crippen LogP contribution in [-0.2, 0) is 0 Å². The van der Waals surface area contributed by atoms with Crippen LogP contribution in [0.15, 0.2) is 0 Å². The van der Waals surface area contributed by atoms with E-state index < -0.39 is 0 Å². The van der Waals surface area contributed by atoms with Gasteiger partial charge in [-0.15, -0.1) is 11.8 Å². The maximum atomic E-state index is 3.92. The molecule has 0 aliphatic carbocycles. The molecule has 0 heteroatoms. The fraction of sp³-hybridized carbons (Fsp3) is 0.862. The topological polar surface area (TPSA) is 0 Å². The summed E-state index contributed by atoms with van der Waals surface area (Å²) in [5.41, 5.74) is 0. The molecule has 0 heterocycles. The van der Waals surface area contributed by atoms with Gasteiger partial charge in [0, 0.05) is 12.8 Å². The van der Waals surface area contributed by atoms with E-state index in [-0.39, 0.29) is 0 Å². The average Bonchev–Trinajstić information content (AvgIpc) is 2.72. The lowest BCUT2D eigenvalue weighted by Gasteiger charge is -2.11. The summed E-state index contributed by atoms with van der Waals surface area (Å²) in [7, 11) is 0. The molecule has 0 N–H and O–H groups in total. The van der Waals surface area contributed by atoms with Crippen LogP contribution in [0.25, 0.3) is 0 Å². The Labute approximate surface area is 186 Å². The lowest BCUT2D eigenvalue weighted by Crippen LogP contribution is -1.95. The van der Waals surface area contributed by atoms with Gasteiger partial charge in [-0.25, -0.2) is 0 Å². The first-order valence-electron chi connectivity index (χ1n) is 13.4. The van der Waals surface area contributed by atoms with E-state index >= 15 is 0 Å². The zero-order valence-electron chi connectivity index (χ0n) is 20.3. The smallest absolute Gasteiger partial charge is 0.00886 e. The van der Waals surface area contributed by atoms with Crippen LogP contribution in [0.4, 0.5) is 0 Å². The Balaban J connectivity index is 3.15. The largest absolute Gasteiger partial charge is 0.103 e. The van der Waals surface area contributed by atoms with Gasteiger partial charge in [0.05, 0.1) is 0 Å². The molecule has 170 valence electrons. The summed E-state index contributed by atoms with van der Waals surface area (Å²) in [6.45, 7) is 10.3. The first-order valence-corrected chi connectivity index (χ1v) is 13.4. The maximum Gasteiger partial charge on any atom is 0.00886 e. The van der Waals surface area contributed by atoms with Crippen molar-refractivity contribution in [2.24, 2.45) is 5.92 Å². The van der Waals surface area contributed by atoms with Crippen molar-refractivity contribution in [3.63, 3.8) is 0 Å². The number of hydrogen-bond acceptors (Lipinski definition) is 0. The van der Waals surface area contributed by atoms with Gasteiger partial charge in [-0.1, -0.05) is 143 Å². The fourth-order valence-corrected chi connectivity index (χ4v) is 4.03. The summed E-state index contributed by atoms with van der Waals surface area (Å²) in [6, 6.07) is 0. The van der Waals surface area contributed by atoms with Gasteiger partial charge >= 0.3 is 0 Å². The van der Waals surface area contributed by atoms with Crippen molar-refractivity contribution in [3.05, 3.63) is 13.8 Å². The minimum Gasteiger partial charge on any atom is -0.103 e. The molecule has 0 aliphatic heterocycles. The van der Waals surface area contributed by atoms with E-state index in [1.54, 1.807) is 0 Å². The van der Waals surface area contributed by atoms with E-state index in [2.05, 4.69) is 32.6 Å². The molecule has 0 saturated heterocycles. The van der Waals surface area contributed by atoms with Gasteiger partial charge in [-0.2, -0.15) is 0 Å². The molecule has 0 rings (SSSR count). The van der Waals surface area contributed by atoms with Gasteiger partial charge in [0.25, 0.3) is 0 Å². The molecule has 0 aromatic carbocycles. The molecule has 0 aromatic heterocycles. The zero-order chi connectivity index (χ0) is 21.3. The summed E-state index contributed by atoms with van der Waals surface area (Å²) in [6.07, 6.45) is 30.9. The van der Waals surface area contributed by atoms with E-state index in [0.717, 1.165) is 31.6 Å². The highest BCUT2D eigenvalue weighted by Crippen LogP contribution is 2.18. The lowest BCUT2D eigenvalue weighted by atomic mass is 9.96. The Morgan fingerprint density at radius 3 is 1.17 bits per heavy atom. The van der Waals surface area contributed by atoms with Crippen molar-refractivity contribution < 1.29 is 0 Å². The van der Waals surface area contributed by atoms with Crippen molar-refractivity contribution in [3.8, 4) is 11.8 Å². The normalized spacial score (nSPS) is 12.0. The van der Waals surface area contributed by atoms with E-state index in [9.17, 15) is 0 Å². The summed E-state index contributed by atoms with van der Waals surface area (Å²) < 4.78 is 0. The van der Waals surface area contributed by atoms with Gasteiger partial charge in [0.2, 0.25) is 0 Å². The molecule has 1 atom stereocenters. The standard InChI is InChI=1S/C29H54/c1-4-6-8-10-11-12-13-14-15-16-17-18-19-20-21-22-24-26-28-29(3)27-25-23-9-7-5-2/h29H,1-2,4-11,14-28H2,3H3. The Kier molecular flexibility index (Phi) is 25.2. The average molecular weight is 403 g/mol. The fourth-order valence-electron chi connectivity index (χ4n) is 4.03. The molecule has 0 amide bonds. The Morgan fingerprint density at radius 1 is 0.448 bits per heavy atom. The first-order chi connectivity index (χ1) is 14.3. The molecular formula is C29H54. The SMILES string of the molecule is [CH2]CCCCCC#CCCCCCCCCCCCCC(C)CCCCCC[CH2]. The van der Waals surface area contributed by atoms with E-state index in [1.807, 2.05) is 0 Å². The molecule has 0 fully saturated rings. The van der Waals surface area contributed by atoms with Crippen LogP contribution >= 0.6 is 0 Å². The van der Waals surface area contributed by atoms with E-state index in [0.29, 0.717) is 0 Å². The third-order valence-corrected chi connectivity index (χ3v) is 6.12. The molecule has 0 bridgehead atoms. The highest BCUT2D eigenvalue weighted by Gasteiger charge is 2.02. The lowest BCUT2D eigenvalue weighted by molar-refractivity contribution is 0.432. The summed E-state index contributed by atoms with van der Waals surface area (Å²) in [4.78, 5) is 0. The summed E-state index contributed by atoms with van der Waals surface area (Å²) >= 11 is 0.